The van der Waals surface area contributed by atoms with E-state index in [9.17, 15) is 17.6 Å². The predicted molar refractivity (Wildman–Crippen MR) is 68.8 cm³/mol. The standard InChI is InChI=1S/C13H12F4N2S/c1-8-19-12(7-20-8)6-18-5-9-2-10(13(15,16)17)4-11(14)3-9/h2-4,7,18H,5-6H2,1H3. The van der Waals surface area contributed by atoms with Gasteiger partial charge >= 0.3 is 6.18 Å². The Bertz CT molecular complexity index is 592. The molecule has 0 fully saturated rings. The molecule has 0 radical (unpaired) electrons. The number of aromatic nitrogens is 1. The molecule has 0 atom stereocenters. The van der Waals surface area contributed by atoms with E-state index in [-0.39, 0.29) is 12.1 Å². The molecule has 0 spiro atoms. The van der Waals surface area contributed by atoms with E-state index in [1.54, 1.807) is 0 Å². The number of nitrogens with zero attached hydrogens (tertiary/aromatic N) is 1. The number of benzene rings is 1. The van der Waals surface area contributed by atoms with Crippen LogP contribution in [0, 0.1) is 12.7 Å². The van der Waals surface area contributed by atoms with Gasteiger partial charge in [-0.3, -0.25) is 0 Å². The fourth-order valence-electron chi connectivity index (χ4n) is 1.74. The monoisotopic (exact) mass is 304 g/mol. The molecular weight excluding hydrogens is 292 g/mol. The van der Waals surface area contributed by atoms with E-state index >= 15 is 0 Å². The molecule has 2 aromatic rings. The summed E-state index contributed by atoms with van der Waals surface area (Å²) in [6.07, 6.45) is -4.54. The molecule has 0 bridgehead atoms. The zero-order valence-electron chi connectivity index (χ0n) is 10.6. The maximum absolute atomic E-state index is 13.2. The van der Waals surface area contributed by atoms with Gasteiger partial charge in [-0.25, -0.2) is 9.37 Å². The minimum atomic E-state index is -4.54. The van der Waals surface area contributed by atoms with E-state index in [0.29, 0.717) is 12.6 Å². The molecule has 20 heavy (non-hydrogen) atoms. The van der Waals surface area contributed by atoms with E-state index in [2.05, 4.69) is 10.3 Å². The molecule has 0 amide bonds. The van der Waals surface area contributed by atoms with E-state index in [0.717, 1.165) is 22.8 Å². The van der Waals surface area contributed by atoms with E-state index in [1.165, 1.54) is 11.3 Å². The van der Waals surface area contributed by atoms with E-state index in [4.69, 9.17) is 0 Å². The predicted octanol–water partition coefficient (Wildman–Crippen LogP) is 3.90. The summed E-state index contributed by atoms with van der Waals surface area (Å²) in [5, 5.41) is 5.74. The largest absolute Gasteiger partial charge is 0.416 e. The van der Waals surface area contributed by atoms with Crippen molar-refractivity contribution in [3.63, 3.8) is 0 Å². The molecule has 0 aliphatic rings. The van der Waals surface area contributed by atoms with Crippen molar-refractivity contribution in [3.05, 3.63) is 51.2 Å². The number of rotatable bonds is 4. The number of hydrogen-bond donors (Lipinski definition) is 1. The summed E-state index contributed by atoms with van der Waals surface area (Å²) in [5.74, 6) is -0.888. The minimum absolute atomic E-state index is 0.150. The molecule has 2 nitrogen and oxygen atoms in total. The van der Waals surface area contributed by atoms with Crippen LogP contribution in [0.25, 0.3) is 0 Å². The van der Waals surface area contributed by atoms with Crippen molar-refractivity contribution in [3.8, 4) is 0 Å². The van der Waals surface area contributed by atoms with Gasteiger partial charge in [0, 0.05) is 18.5 Å². The second kappa shape index (κ2) is 5.88. The maximum atomic E-state index is 13.2. The highest BCUT2D eigenvalue weighted by molar-refractivity contribution is 7.09. The van der Waals surface area contributed by atoms with Gasteiger partial charge in [-0.15, -0.1) is 11.3 Å². The molecule has 108 valence electrons. The first-order chi connectivity index (χ1) is 9.34. The van der Waals surface area contributed by atoms with Crippen molar-refractivity contribution < 1.29 is 17.6 Å². The third-order valence-electron chi connectivity index (χ3n) is 2.59. The molecule has 1 aromatic heterocycles. The van der Waals surface area contributed by atoms with E-state index in [1.807, 2.05) is 12.3 Å². The molecule has 0 aliphatic carbocycles. The van der Waals surface area contributed by atoms with Crippen molar-refractivity contribution in [1.29, 1.82) is 0 Å². The van der Waals surface area contributed by atoms with Crippen LogP contribution in [0.4, 0.5) is 17.6 Å². The Morgan fingerprint density at radius 1 is 1.20 bits per heavy atom. The Balaban J connectivity index is 2.00. The second-order valence-electron chi connectivity index (χ2n) is 4.31. The third kappa shape index (κ3) is 4.01. The Hall–Kier alpha value is -1.47. The number of hydrogen-bond acceptors (Lipinski definition) is 3. The summed E-state index contributed by atoms with van der Waals surface area (Å²) in [7, 11) is 0. The summed E-state index contributed by atoms with van der Waals surface area (Å²) >= 11 is 1.50. The third-order valence-corrected chi connectivity index (χ3v) is 3.41. The maximum Gasteiger partial charge on any atom is 0.416 e. The quantitative estimate of drug-likeness (QED) is 0.867. The van der Waals surface area contributed by atoms with Crippen LogP contribution in [0.3, 0.4) is 0 Å². The topological polar surface area (TPSA) is 24.9 Å². The average molecular weight is 304 g/mol. The Morgan fingerprint density at radius 2 is 1.95 bits per heavy atom. The highest BCUT2D eigenvalue weighted by Crippen LogP contribution is 2.30. The van der Waals surface area contributed by atoms with E-state index < -0.39 is 17.6 Å². The van der Waals surface area contributed by atoms with Crippen molar-refractivity contribution in [2.24, 2.45) is 0 Å². The van der Waals surface area contributed by atoms with Gasteiger partial charge in [0.1, 0.15) is 5.82 Å². The van der Waals surface area contributed by atoms with Gasteiger partial charge in [0.15, 0.2) is 0 Å². The first-order valence-corrected chi connectivity index (χ1v) is 6.71. The number of nitrogens with one attached hydrogen (secondary N) is 1. The fourth-order valence-corrected chi connectivity index (χ4v) is 2.35. The molecule has 7 heteroatoms. The summed E-state index contributed by atoms with van der Waals surface area (Å²) in [6.45, 7) is 2.45. The van der Waals surface area contributed by atoms with Crippen LogP contribution in [-0.2, 0) is 19.3 Å². The zero-order chi connectivity index (χ0) is 14.8. The van der Waals surface area contributed by atoms with Gasteiger partial charge in [-0.1, -0.05) is 0 Å². The first kappa shape index (κ1) is 14.9. The van der Waals surface area contributed by atoms with Gasteiger partial charge in [-0.05, 0) is 30.7 Å². The highest BCUT2D eigenvalue weighted by atomic mass is 32.1. The van der Waals surface area contributed by atoms with Crippen LogP contribution in [0.1, 0.15) is 21.8 Å². The van der Waals surface area contributed by atoms with Crippen LogP contribution in [0.2, 0.25) is 0 Å². The van der Waals surface area contributed by atoms with Crippen LogP contribution in [-0.4, -0.2) is 4.98 Å². The van der Waals surface area contributed by atoms with Crippen LogP contribution in [0.5, 0.6) is 0 Å². The minimum Gasteiger partial charge on any atom is -0.307 e. The van der Waals surface area contributed by atoms with Crippen LogP contribution in [0.15, 0.2) is 23.6 Å². The van der Waals surface area contributed by atoms with Gasteiger partial charge in [0.05, 0.1) is 16.3 Å². The molecule has 1 N–H and O–H groups in total. The smallest absolute Gasteiger partial charge is 0.307 e. The Labute approximate surface area is 117 Å². The van der Waals surface area contributed by atoms with Crippen molar-refractivity contribution in [2.45, 2.75) is 26.2 Å². The average Bonchev–Trinajstić information content (AvgIpc) is 2.73. The summed E-state index contributed by atoms with van der Waals surface area (Å²) < 4.78 is 50.8. The Morgan fingerprint density at radius 3 is 2.55 bits per heavy atom. The first-order valence-electron chi connectivity index (χ1n) is 5.83. The van der Waals surface area contributed by atoms with Gasteiger partial charge in [0.25, 0.3) is 0 Å². The number of thiazole rings is 1. The van der Waals surface area contributed by atoms with Crippen LogP contribution >= 0.6 is 11.3 Å². The molecule has 2 rings (SSSR count). The van der Waals surface area contributed by atoms with Crippen LogP contribution < -0.4 is 5.32 Å². The molecule has 0 saturated heterocycles. The number of alkyl halides is 3. The fraction of sp³-hybridized carbons (Fsp3) is 0.308. The summed E-state index contributed by atoms with van der Waals surface area (Å²) in [4.78, 5) is 4.22. The normalized spacial score (nSPS) is 11.8. The Kier molecular flexibility index (Phi) is 4.39. The van der Waals surface area contributed by atoms with Gasteiger partial charge < -0.3 is 5.32 Å². The molecule has 1 heterocycles. The highest BCUT2D eigenvalue weighted by Gasteiger charge is 2.31. The number of halogens is 4. The summed E-state index contributed by atoms with van der Waals surface area (Å²) in [5.41, 5.74) is 0.100. The molecule has 1 aromatic carbocycles. The van der Waals surface area contributed by atoms with Gasteiger partial charge in [0.2, 0.25) is 0 Å². The van der Waals surface area contributed by atoms with Gasteiger partial charge in [-0.2, -0.15) is 13.2 Å². The number of aryl methyl sites for hydroxylation is 1. The lowest BCUT2D eigenvalue weighted by Gasteiger charge is -2.10. The molecule has 0 saturated carbocycles. The lowest BCUT2D eigenvalue weighted by atomic mass is 10.1. The molecule has 0 aliphatic heterocycles. The molecule has 0 unspecified atom stereocenters. The summed E-state index contributed by atoms with van der Waals surface area (Å²) in [6, 6.07) is 2.53. The lowest BCUT2D eigenvalue weighted by molar-refractivity contribution is -0.137. The molecular formula is C13H12F4N2S. The SMILES string of the molecule is Cc1nc(CNCc2cc(F)cc(C(F)(F)F)c2)cs1. The van der Waals surface area contributed by atoms with Crippen molar-refractivity contribution >= 4 is 11.3 Å². The second-order valence-corrected chi connectivity index (χ2v) is 5.37. The van der Waals surface area contributed by atoms with Crippen molar-refractivity contribution in [2.75, 3.05) is 0 Å². The zero-order valence-corrected chi connectivity index (χ0v) is 11.4. The lowest BCUT2D eigenvalue weighted by Crippen LogP contribution is -2.14. The van der Waals surface area contributed by atoms with Crippen molar-refractivity contribution in [1.82, 2.24) is 10.3 Å².